The molecule has 0 spiro atoms. The van der Waals surface area contributed by atoms with E-state index >= 15 is 0 Å². The lowest BCUT2D eigenvalue weighted by atomic mass is 9.98. The van der Waals surface area contributed by atoms with Crippen LogP contribution in [0.1, 0.15) is 38.8 Å². The van der Waals surface area contributed by atoms with E-state index in [1.807, 2.05) is 18.2 Å². The quantitative estimate of drug-likeness (QED) is 0.769. The maximum absolute atomic E-state index is 9.14. The molecule has 0 amide bonds. The number of hydrogen-bond acceptors (Lipinski definition) is 4. The first-order valence-corrected chi connectivity index (χ1v) is 7.12. The second kappa shape index (κ2) is 8.12. The van der Waals surface area contributed by atoms with Gasteiger partial charge in [-0.05, 0) is 37.0 Å². The molecule has 114 valence electrons. The summed E-state index contributed by atoms with van der Waals surface area (Å²) in [5.41, 5.74) is 1.14. The van der Waals surface area contributed by atoms with Crippen molar-refractivity contribution in [3.63, 3.8) is 0 Å². The summed E-state index contributed by atoms with van der Waals surface area (Å²) in [5, 5.41) is 12.7. The Labute approximate surface area is 122 Å². The lowest BCUT2D eigenvalue weighted by Gasteiger charge is -2.26. The number of aliphatic hydroxyl groups is 1. The molecule has 2 atom stereocenters. The number of aliphatic hydroxyl groups excluding tert-OH is 1. The third-order valence-electron chi connectivity index (χ3n) is 3.62. The normalized spacial score (nSPS) is 14.2. The highest BCUT2D eigenvalue weighted by atomic mass is 16.5. The van der Waals surface area contributed by atoms with Crippen LogP contribution in [0.5, 0.6) is 11.5 Å². The van der Waals surface area contributed by atoms with E-state index < -0.39 is 0 Å². The van der Waals surface area contributed by atoms with Crippen molar-refractivity contribution in [3.8, 4) is 11.5 Å². The molecule has 20 heavy (non-hydrogen) atoms. The van der Waals surface area contributed by atoms with Gasteiger partial charge in [0.15, 0.2) is 11.5 Å². The molecule has 0 aliphatic carbocycles. The van der Waals surface area contributed by atoms with Gasteiger partial charge < -0.3 is 19.9 Å². The molecule has 2 N–H and O–H groups in total. The molecule has 0 fully saturated rings. The lowest BCUT2D eigenvalue weighted by molar-refractivity contribution is 0.237. The monoisotopic (exact) mass is 281 g/mol. The average molecular weight is 281 g/mol. The fourth-order valence-corrected chi connectivity index (χ4v) is 2.29. The van der Waals surface area contributed by atoms with Gasteiger partial charge in [0, 0.05) is 18.7 Å². The number of benzene rings is 1. The molecule has 0 saturated carbocycles. The molecule has 0 heterocycles. The maximum atomic E-state index is 9.14. The van der Waals surface area contributed by atoms with Crippen molar-refractivity contribution in [1.82, 2.24) is 5.32 Å². The van der Waals surface area contributed by atoms with Crippen molar-refractivity contribution in [1.29, 1.82) is 0 Å². The van der Waals surface area contributed by atoms with E-state index in [0.29, 0.717) is 12.0 Å². The highest BCUT2D eigenvalue weighted by Gasteiger charge is 2.17. The minimum absolute atomic E-state index is 0.189. The van der Waals surface area contributed by atoms with Crippen molar-refractivity contribution in [2.24, 2.45) is 5.92 Å². The second-order valence-corrected chi connectivity index (χ2v) is 5.37. The molecule has 4 nitrogen and oxygen atoms in total. The van der Waals surface area contributed by atoms with Gasteiger partial charge in [-0.2, -0.15) is 0 Å². The molecule has 4 heteroatoms. The molecule has 0 saturated heterocycles. The maximum Gasteiger partial charge on any atom is 0.161 e. The Hall–Kier alpha value is -1.26. The van der Waals surface area contributed by atoms with Gasteiger partial charge in [0.1, 0.15) is 0 Å². The number of hydrogen-bond donors (Lipinski definition) is 2. The average Bonchev–Trinajstić information content (AvgIpc) is 2.45. The first kappa shape index (κ1) is 16.8. The van der Waals surface area contributed by atoms with Crippen LogP contribution < -0.4 is 14.8 Å². The van der Waals surface area contributed by atoms with Crippen LogP contribution >= 0.6 is 0 Å². The van der Waals surface area contributed by atoms with Gasteiger partial charge in [-0.15, -0.1) is 0 Å². The second-order valence-electron chi connectivity index (χ2n) is 5.37. The van der Waals surface area contributed by atoms with Crippen LogP contribution in [0.4, 0.5) is 0 Å². The van der Waals surface area contributed by atoms with Gasteiger partial charge in [-0.1, -0.05) is 19.9 Å². The molecular formula is C16H27NO3. The van der Waals surface area contributed by atoms with Crippen LogP contribution in [0, 0.1) is 5.92 Å². The lowest BCUT2D eigenvalue weighted by Crippen LogP contribution is -2.36. The summed E-state index contributed by atoms with van der Waals surface area (Å²) in [6.07, 6.45) is 0.759. The van der Waals surface area contributed by atoms with E-state index in [2.05, 4.69) is 26.1 Å². The Morgan fingerprint density at radius 2 is 1.75 bits per heavy atom. The molecule has 0 aromatic heterocycles. The minimum Gasteiger partial charge on any atom is -0.493 e. The smallest absolute Gasteiger partial charge is 0.161 e. The first-order chi connectivity index (χ1) is 9.53. The summed E-state index contributed by atoms with van der Waals surface area (Å²) in [6, 6.07) is 6.43. The Balaban J connectivity index is 2.83. The molecule has 1 rings (SSSR count). The summed E-state index contributed by atoms with van der Waals surface area (Å²) in [7, 11) is 3.28. The number of nitrogens with one attached hydrogen (secondary N) is 1. The van der Waals surface area contributed by atoms with Gasteiger partial charge in [0.25, 0.3) is 0 Å². The first-order valence-electron chi connectivity index (χ1n) is 7.12. The summed E-state index contributed by atoms with van der Waals surface area (Å²) >= 11 is 0. The van der Waals surface area contributed by atoms with Crippen molar-refractivity contribution in [3.05, 3.63) is 23.8 Å². The Morgan fingerprint density at radius 1 is 1.10 bits per heavy atom. The van der Waals surface area contributed by atoms with Crippen LogP contribution in [0.3, 0.4) is 0 Å². The molecule has 0 bridgehead atoms. The fourth-order valence-electron chi connectivity index (χ4n) is 2.29. The topological polar surface area (TPSA) is 50.7 Å². The van der Waals surface area contributed by atoms with E-state index in [-0.39, 0.29) is 12.6 Å². The number of methoxy groups -OCH3 is 2. The van der Waals surface area contributed by atoms with Crippen molar-refractivity contribution in [2.75, 3.05) is 20.8 Å². The SMILES string of the molecule is COc1ccc(C(C)NC(CCO)C(C)C)cc1OC. The van der Waals surface area contributed by atoms with E-state index in [4.69, 9.17) is 14.6 Å². The van der Waals surface area contributed by atoms with E-state index in [0.717, 1.165) is 23.5 Å². The highest BCUT2D eigenvalue weighted by molar-refractivity contribution is 5.43. The predicted molar refractivity (Wildman–Crippen MR) is 81.4 cm³/mol. The summed E-state index contributed by atoms with van der Waals surface area (Å²) in [6.45, 7) is 6.64. The third kappa shape index (κ3) is 4.39. The fraction of sp³-hybridized carbons (Fsp3) is 0.625. The van der Waals surface area contributed by atoms with Crippen LogP contribution in [0.25, 0.3) is 0 Å². The molecule has 2 unspecified atom stereocenters. The van der Waals surface area contributed by atoms with Crippen LogP contribution in [0.15, 0.2) is 18.2 Å². The molecule has 1 aromatic rings. The Morgan fingerprint density at radius 3 is 2.25 bits per heavy atom. The van der Waals surface area contributed by atoms with Gasteiger partial charge in [0.2, 0.25) is 0 Å². The van der Waals surface area contributed by atoms with Crippen molar-refractivity contribution >= 4 is 0 Å². The van der Waals surface area contributed by atoms with E-state index in [9.17, 15) is 0 Å². The van der Waals surface area contributed by atoms with Crippen LogP contribution in [-0.2, 0) is 0 Å². The van der Waals surface area contributed by atoms with Gasteiger partial charge in [-0.3, -0.25) is 0 Å². The standard InChI is InChI=1S/C16H27NO3/c1-11(2)14(8-9-18)17-12(3)13-6-7-15(19-4)16(10-13)20-5/h6-7,10-12,14,17-18H,8-9H2,1-5H3. The Bertz CT molecular complexity index is 407. The summed E-state index contributed by atoms with van der Waals surface area (Å²) in [5.74, 6) is 1.95. The van der Waals surface area contributed by atoms with Gasteiger partial charge >= 0.3 is 0 Å². The summed E-state index contributed by atoms with van der Waals surface area (Å²) in [4.78, 5) is 0. The Kier molecular flexibility index (Phi) is 6.82. The molecule has 0 aliphatic heterocycles. The van der Waals surface area contributed by atoms with Crippen LogP contribution in [0.2, 0.25) is 0 Å². The van der Waals surface area contributed by atoms with Crippen LogP contribution in [-0.4, -0.2) is 32.0 Å². The highest BCUT2D eigenvalue weighted by Crippen LogP contribution is 2.30. The zero-order valence-corrected chi connectivity index (χ0v) is 13.1. The minimum atomic E-state index is 0.189. The van der Waals surface area contributed by atoms with E-state index in [1.54, 1.807) is 14.2 Å². The molecule has 0 radical (unpaired) electrons. The van der Waals surface area contributed by atoms with Gasteiger partial charge in [-0.25, -0.2) is 0 Å². The molecular weight excluding hydrogens is 254 g/mol. The summed E-state index contributed by atoms with van der Waals surface area (Å²) < 4.78 is 10.6. The number of rotatable bonds is 8. The zero-order chi connectivity index (χ0) is 15.1. The van der Waals surface area contributed by atoms with Crippen molar-refractivity contribution in [2.45, 2.75) is 39.3 Å². The largest absolute Gasteiger partial charge is 0.493 e. The van der Waals surface area contributed by atoms with Gasteiger partial charge in [0.05, 0.1) is 14.2 Å². The predicted octanol–water partition coefficient (Wildman–Crippen LogP) is 2.76. The molecule has 0 aliphatic rings. The zero-order valence-electron chi connectivity index (χ0n) is 13.1. The number of ether oxygens (including phenoxy) is 2. The third-order valence-corrected chi connectivity index (χ3v) is 3.62. The van der Waals surface area contributed by atoms with E-state index in [1.165, 1.54) is 0 Å². The molecule has 1 aromatic carbocycles. The van der Waals surface area contributed by atoms with Crippen molar-refractivity contribution < 1.29 is 14.6 Å².